The van der Waals surface area contributed by atoms with E-state index in [0.717, 1.165) is 4.47 Å². The number of imidazole rings is 1. The van der Waals surface area contributed by atoms with Crippen molar-refractivity contribution in [1.82, 2.24) is 9.38 Å². The molecular weight excluding hydrogens is 286 g/mol. The summed E-state index contributed by atoms with van der Waals surface area (Å²) in [6.07, 6.45) is 3.77. The van der Waals surface area contributed by atoms with E-state index in [9.17, 15) is 4.79 Å². The maximum atomic E-state index is 11.3. The lowest BCUT2D eigenvalue weighted by Crippen LogP contribution is -2.07. The fourth-order valence-electron chi connectivity index (χ4n) is 1.58. The molecule has 5 nitrogen and oxygen atoms in total. The van der Waals surface area contributed by atoms with Gasteiger partial charge in [-0.25, -0.2) is 4.98 Å². The zero-order valence-electron chi connectivity index (χ0n) is 9.31. The molecular formula is C11H12BrN3O2. The summed E-state index contributed by atoms with van der Waals surface area (Å²) in [7, 11) is 0. The molecule has 2 aromatic heterocycles. The molecule has 90 valence electrons. The van der Waals surface area contributed by atoms with Crippen molar-refractivity contribution < 1.29 is 9.53 Å². The molecule has 0 bridgehead atoms. The van der Waals surface area contributed by atoms with Crippen LogP contribution in [0.5, 0.6) is 0 Å². The van der Waals surface area contributed by atoms with Crippen LogP contribution in [0, 0.1) is 0 Å². The predicted octanol–water partition coefficient (Wildman–Crippen LogP) is 1.78. The highest BCUT2D eigenvalue weighted by Gasteiger charge is 2.10. The van der Waals surface area contributed by atoms with Gasteiger partial charge in [-0.05, 0) is 28.9 Å². The van der Waals surface area contributed by atoms with E-state index in [1.165, 1.54) is 0 Å². The molecule has 0 atom stereocenters. The van der Waals surface area contributed by atoms with E-state index in [1.54, 1.807) is 23.6 Å². The lowest BCUT2D eigenvalue weighted by molar-refractivity contribution is -0.142. The maximum Gasteiger partial charge on any atom is 0.311 e. The third kappa shape index (κ3) is 2.58. The standard InChI is InChI=1S/C11H12BrN3O2/c1-2-17-10(16)4-8-6-15-5-7(12)3-9(13)11(15)14-8/h3,5-6H,2,4,13H2,1H3. The van der Waals surface area contributed by atoms with Gasteiger partial charge in [-0.2, -0.15) is 0 Å². The van der Waals surface area contributed by atoms with Gasteiger partial charge in [0.25, 0.3) is 0 Å². The number of halogens is 1. The zero-order valence-corrected chi connectivity index (χ0v) is 10.9. The van der Waals surface area contributed by atoms with Crippen molar-refractivity contribution in [1.29, 1.82) is 0 Å². The molecule has 0 aliphatic carbocycles. The van der Waals surface area contributed by atoms with Crippen LogP contribution in [0.4, 0.5) is 5.69 Å². The van der Waals surface area contributed by atoms with Crippen LogP contribution in [-0.2, 0) is 16.0 Å². The summed E-state index contributed by atoms with van der Waals surface area (Å²) >= 11 is 3.35. The minimum atomic E-state index is -0.284. The molecule has 0 aliphatic heterocycles. The number of carbonyl (C=O) groups is 1. The first-order chi connectivity index (χ1) is 8.10. The minimum Gasteiger partial charge on any atom is -0.466 e. The molecule has 2 aromatic rings. The summed E-state index contributed by atoms with van der Waals surface area (Å²) < 4.78 is 7.52. The van der Waals surface area contributed by atoms with Crippen molar-refractivity contribution >= 4 is 33.2 Å². The smallest absolute Gasteiger partial charge is 0.311 e. The number of nitrogens with zero attached hydrogens (tertiary/aromatic N) is 2. The third-order valence-electron chi connectivity index (χ3n) is 2.23. The lowest BCUT2D eigenvalue weighted by Gasteiger charge is -1.97. The van der Waals surface area contributed by atoms with Crippen molar-refractivity contribution in [3.05, 3.63) is 28.6 Å². The monoisotopic (exact) mass is 297 g/mol. The number of carbonyl (C=O) groups excluding carboxylic acids is 1. The summed E-state index contributed by atoms with van der Waals surface area (Å²) in [6, 6.07) is 1.77. The highest BCUT2D eigenvalue weighted by molar-refractivity contribution is 9.10. The number of hydrogen-bond donors (Lipinski definition) is 1. The van der Waals surface area contributed by atoms with Crippen molar-refractivity contribution in [3.63, 3.8) is 0 Å². The van der Waals surface area contributed by atoms with Crippen LogP contribution in [0.3, 0.4) is 0 Å². The largest absolute Gasteiger partial charge is 0.466 e. The van der Waals surface area contributed by atoms with E-state index in [0.29, 0.717) is 23.6 Å². The number of rotatable bonds is 3. The number of hydrogen-bond acceptors (Lipinski definition) is 4. The van der Waals surface area contributed by atoms with Crippen LogP contribution < -0.4 is 5.73 Å². The second-order valence-electron chi connectivity index (χ2n) is 3.56. The molecule has 6 heteroatoms. The molecule has 17 heavy (non-hydrogen) atoms. The summed E-state index contributed by atoms with van der Waals surface area (Å²) in [5.41, 5.74) is 7.69. The Morgan fingerprint density at radius 2 is 2.35 bits per heavy atom. The Kier molecular flexibility index (Phi) is 3.33. The molecule has 0 amide bonds. The molecule has 2 heterocycles. The highest BCUT2D eigenvalue weighted by Crippen LogP contribution is 2.19. The van der Waals surface area contributed by atoms with Crippen LogP contribution in [0.25, 0.3) is 5.65 Å². The maximum absolute atomic E-state index is 11.3. The van der Waals surface area contributed by atoms with Crippen LogP contribution in [0.15, 0.2) is 22.9 Å². The summed E-state index contributed by atoms with van der Waals surface area (Å²) in [5, 5.41) is 0. The lowest BCUT2D eigenvalue weighted by atomic mass is 10.3. The van der Waals surface area contributed by atoms with E-state index in [1.807, 2.05) is 6.20 Å². The fourth-order valence-corrected chi connectivity index (χ4v) is 2.05. The van der Waals surface area contributed by atoms with Gasteiger partial charge in [0, 0.05) is 16.9 Å². The number of ether oxygens (including phenoxy) is 1. The molecule has 0 fully saturated rings. The normalized spacial score (nSPS) is 10.7. The van der Waals surface area contributed by atoms with Crippen LogP contribution in [0.2, 0.25) is 0 Å². The Hall–Kier alpha value is -1.56. The average Bonchev–Trinajstić information content (AvgIpc) is 2.60. The van der Waals surface area contributed by atoms with Gasteiger partial charge in [-0.1, -0.05) is 0 Å². The molecule has 0 saturated heterocycles. The van der Waals surface area contributed by atoms with E-state index >= 15 is 0 Å². The first-order valence-corrected chi connectivity index (χ1v) is 5.97. The van der Waals surface area contributed by atoms with Gasteiger partial charge in [0.05, 0.1) is 24.4 Å². The van der Waals surface area contributed by atoms with E-state index < -0.39 is 0 Å². The number of esters is 1. The molecule has 2 rings (SSSR count). The van der Waals surface area contributed by atoms with Crippen LogP contribution in [-0.4, -0.2) is 22.0 Å². The number of fused-ring (bicyclic) bond motifs is 1. The number of pyridine rings is 1. The first-order valence-electron chi connectivity index (χ1n) is 5.18. The van der Waals surface area contributed by atoms with Gasteiger partial charge in [0.2, 0.25) is 0 Å². The predicted molar refractivity (Wildman–Crippen MR) is 67.6 cm³/mol. The summed E-state index contributed by atoms with van der Waals surface area (Å²) in [6.45, 7) is 2.15. The number of nitrogen functional groups attached to an aromatic ring is 1. The summed E-state index contributed by atoms with van der Waals surface area (Å²) in [5.74, 6) is -0.284. The Morgan fingerprint density at radius 3 is 3.06 bits per heavy atom. The SMILES string of the molecule is CCOC(=O)Cc1cn2cc(Br)cc(N)c2n1. The van der Waals surface area contributed by atoms with Crippen molar-refractivity contribution in [3.8, 4) is 0 Å². The van der Waals surface area contributed by atoms with Crippen LogP contribution >= 0.6 is 15.9 Å². The molecule has 2 N–H and O–H groups in total. The topological polar surface area (TPSA) is 69.6 Å². The van der Waals surface area contributed by atoms with E-state index in [4.69, 9.17) is 10.5 Å². The Morgan fingerprint density at radius 1 is 1.59 bits per heavy atom. The Bertz CT molecular complexity index is 565. The van der Waals surface area contributed by atoms with Gasteiger partial charge < -0.3 is 14.9 Å². The molecule has 0 spiro atoms. The van der Waals surface area contributed by atoms with Crippen molar-refractivity contribution in [2.24, 2.45) is 0 Å². The minimum absolute atomic E-state index is 0.159. The molecule has 0 radical (unpaired) electrons. The first kappa shape index (κ1) is 11.9. The van der Waals surface area contributed by atoms with Crippen molar-refractivity contribution in [2.45, 2.75) is 13.3 Å². The number of aromatic nitrogens is 2. The second kappa shape index (κ2) is 4.75. The second-order valence-corrected chi connectivity index (χ2v) is 4.47. The quantitative estimate of drug-likeness (QED) is 0.877. The van der Waals surface area contributed by atoms with Gasteiger partial charge in [0.1, 0.15) is 0 Å². The van der Waals surface area contributed by atoms with Gasteiger partial charge >= 0.3 is 5.97 Å². The number of nitrogens with two attached hydrogens (primary N) is 1. The average molecular weight is 298 g/mol. The zero-order chi connectivity index (χ0) is 12.4. The molecule has 0 unspecified atom stereocenters. The molecule has 0 saturated carbocycles. The Balaban J connectivity index is 2.32. The van der Waals surface area contributed by atoms with E-state index in [-0.39, 0.29) is 12.4 Å². The van der Waals surface area contributed by atoms with Crippen LogP contribution in [0.1, 0.15) is 12.6 Å². The molecule has 0 aliphatic rings. The van der Waals surface area contributed by atoms with E-state index in [2.05, 4.69) is 20.9 Å². The Labute approximate surface area is 107 Å². The highest BCUT2D eigenvalue weighted by atomic mass is 79.9. The summed E-state index contributed by atoms with van der Waals surface area (Å²) in [4.78, 5) is 15.6. The van der Waals surface area contributed by atoms with Gasteiger partial charge in [-0.15, -0.1) is 0 Å². The van der Waals surface area contributed by atoms with Gasteiger partial charge in [-0.3, -0.25) is 4.79 Å². The third-order valence-corrected chi connectivity index (χ3v) is 2.66. The fraction of sp³-hybridized carbons (Fsp3) is 0.273. The number of anilines is 1. The molecule has 0 aromatic carbocycles. The van der Waals surface area contributed by atoms with Gasteiger partial charge in [0.15, 0.2) is 5.65 Å². The van der Waals surface area contributed by atoms with Crippen molar-refractivity contribution in [2.75, 3.05) is 12.3 Å².